The summed E-state index contributed by atoms with van der Waals surface area (Å²) in [5, 5.41) is 0. The van der Waals surface area contributed by atoms with Gasteiger partial charge in [-0.05, 0) is 42.8 Å². The molecule has 0 spiro atoms. The molecule has 1 aliphatic rings. The van der Waals surface area contributed by atoms with E-state index >= 15 is 0 Å². The Morgan fingerprint density at radius 2 is 1.87 bits per heavy atom. The fourth-order valence-electron chi connectivity index (χ4n) is 2.84. The molecule has 0 saturated heterocycles. The Bertz CT molecular complexity index is 1070. The van der Waals surface area contributed by atoms with Crippen molar-refractivity contribution >= 4 is 43.2 Å². The van der Waals surface area contributed by atoms with Crippen LogP contribution in [0.1, 0.15) is 13.3 Å². The van der Waals surface area contributed by atoms with Crippen molar-refractivity contribution in [2.45, 2.75) is 30.7 Å². The van der Waals surface area contributed by atoms with E-state index in [0.29, 0.717) is 10.9 Å². The summed E-state index contributed by atoms with van der Waals surface area (Å²) in [6.07, 6.45) is -5.35. The number of halogens is 4. The van der Waals surface area contributed by atoms with E-state index in [0.717, 1.165) is 24.3 Å². The predicted molar refractivity (Wildman–Crippen MR) is 106 cm³/mol. The molecule has 2 aromatic rings. The van der Waals surface area contributed by atoms with Crippen LogP contribution in [-0.2, 0) is 14.8 Å². The molecule has 0 bridgehead atoms. The minimum absolute atomic E-state index is 0.0108. The molecule has 1 atom stereocenters. The highest BCUT2D eigenvalue weighted by molar-refractivity contribution is 9.10. The second-order valence-electron chi connectivity index (χ2n) is 6.34. The van der Waals surface area contributed by atoms with Crippen LogP contribution in [0.3, 0.4) is 0 Å². The summed E-state index contributed by atoms with van der Waals surface area (Å²) in [7, 11) is -2.69. The van der Waals surface area contributed by atoms with E-state index in [1.165, 1.54) is 18.0 Å². The monoisotopic (exact) mass is 508 g/mol. The minimum Gasteiger partial charge on any atom is -0.477 e. The number of nitrogens with one attached hydrogen (secondary N) is 1. The molecule has 1 amide bonds. The van der Waals surface area contributed by atoms with E-state index in [4.69, 9.17) is 4.74 Å². The predicted octanol–water partition coefficient (Wildman–Crippen LogP) is 4.28. The standard InChI is InChI=1S/C18H16BrF3N2O5S/c1-3-14-17(25)24(2)13-8-10(19)9-15(16(13)28-14)30(26,27)23-11-4-6-12(7-5-11)29-18(20,21)22/h4-9,14,23H,3H2,1-2H3. The SMILES string of the molecule is CCC1Oc2c(cc(Br)cc2S(=O)(=O)Nc2ccc(OC(F)(F)F)cc2)N(C)C1=O. The molecule has 0 radical (unpaired) electrons. The largest absolute Gasteiger partial charge is 0.573 e. The molecule has 2 aromatic carbocycles. The zero-order chi connectivity index (χ0) is 22.3. The summed E-state index contributed by atoms with van der Waals surface area (Å²) < 4.78 is 74.9. The third-order valence-electron chi connectivity index (χ3n) is 4.23. The van der Waals surface area contributed by atoms with Crippen LogP contribution >= 0.6 is 15.9 Å². The number of fused-ring (bicyclic) bond motifs is 1. The maximum atomic E-state index is 13.0. The Kier molecular flexibility index (Phi) is 5.92. The van der Waals surface area contributed by atoms with Crippen LogP contribution in [0.2, 0.25) is 0 Å². The zero-order valence-electron chi connectivity index (χ0n) is 15.7. The molecular weight excluding hydrogens is 493 g/mol. The Morgan fingerprint density at radius 1 is 1.23 bits per heavy atom. The third-order valence-corrected chi connectivity index (χ3v) is 6.07. The van der Waals surface area contributed by atoms with Crippen LogP contribution < -0.4 is 19.1 Å². The summed E-state index contributed by atoms with van der Waals surface area (Å²) >= 11 is 3.23. The number of amides is 1. The number of benzene rings is 2. The van der Waals surface area contributed by atoms with Gasteiger partial charge >= 0.3 is 6.36 Å². The summed E-state index contributed by atoms with van der Waals surface area (Å²) in [6.45, 7) is 1.73. The van der Waals surface area contributed by atoms with Crippen molar-refractivity contribution in [1.82, 2.24) is 0 Å². The van der Waals surface area contributed by atoms with Gasteiger partial charge in [0.15, 0.2) is 11.9 Å². The maximum absolute atomic E-state index is 13.0. The molecule has 12 heteroatoms. The van der Waals surface area contributed by atoms with Crippen molar-refractivity contribution in [3.63, 3.8) is 0 Å². The fraction of sp³-hybridized carbons (Fsp3) is 0.278. The first-order valence-electron chi connectivity index (χ1n) is 8.57. The van der Waals surface area contributed by atoms with Crippen LogP contribution in [0.4, 0.5) is 24.5 Å². The van der Waals surface area contributed by atoms with E-state index in [-0.39, 0.29) is 27.9 Å². The number of carbonyl (C=O) groups is 1. The van der Waals surface area contributed by atoms with Crippen LogP contribution in [0.15, 0.2) is 45.8 Å². The summed E-state index contributed by atoms with van der Waals surface area (Å²) in [6, 6.07) is 7.11. The second-order valence-corrected chi connectivity index (χ2v) is 8.91. The number of hydrogen-bond donors (Lipinski definition) is 1. The van der Waals surface area contributed by atoms with E-state index in [1.807, 2.05) is 0 Å². The quantitative estimate of drug-likeness (QED) is 0.651. The Labute approximate surface area is 178 Å². The molecule has 0 aromatic heterocycles. The van der Waals surface area contributed by atoms with Crippen LogP contribution in [-0.4, -0.2) is 33.8 Å². The lowest BCUT2D eigenvalue weighted by Gasteiger charge is -2.32. The highest BCUT2D eigenvalue weighted by atomic mass is 79.9. The molecule has 1 N–H and O–H groups in total. The van der Waals surface area contributed by atoms with E-state index < -0.39 is 28.2 Å². The Morgan fingerprint density at radius 3 is 2.43 bits per heavy atom. The molecular formula is C18H16BrF3N2O5S. The first-order valence-corrected chi connectivity index (χ1v) is 10.9. The van der Waals surface area contributed by atoms with E-state index in [9.17, 15) is 26.4 Å². The van der Waals surface area contributed by atoms with Crippen molar-refractivity contribution in [3.05, 3.63) is 40.9 Å². The lowest BCUT2D eigenvalue weighted by atomic mass is 10.1. The van der Waals surface area contributed by atoms with Gasteiger partial charge < -0.3 is 14.4 Å². The number of anilines is 2. The number of ether oxygens (including phenoxy) is 2. The lowest BCUT2D eigenvalue weighted by molar-refractivity contribution is -0.274. The van der Waals surface area contributed by atoms with Gasteiger partial charge in [0, 0.05) is 17.2 Å². The Balaban J connectivity index is 1.95. The van der Waals surface area contributed by atoms with Crippen molar-refractivity contribution in [2.75, 3.05) is 16.7 Å². The highest BCUT2D eigenvalue weighted by Crippen LogP contribution is 2.42. The molecule has 0 saturated carbocycles. The average molecular weight is 509 g/mol. The molecule has 1 heterocycles. The molecule has 162 valence electrons. The molecule has 3 rings (SSSR count). The van der Waals surface area contributed by atoms with Gasteiger partial charge in [-0.25, -0.2) is 8.42 Å². The van der Waals surface area contributed by atoms with E-state index in [1.54, 1.807) is 13.0 Å². The smallest absolute Gasteiger partial charge is 0.477 e. The number of nitrogens with zero attached hydrogens (tertiary/aromatic N) is 1. The molecule has 7 nitrogen and oxygen atoms in total. The van der Waals surface area contributed by atoms with Gasteiger partial charge in [-0.3, -0.25) is 9.52 Å². The summed E-state index contributed by atoms with van der Waals surface area (Å²) in [5.41, 5.74) is 0.291. The number of alkyl halides is 3. The average Bonchev–Trinajstić information content (AvgIpc) is 2.64. The normalized spacial score (nSPS) is 16.7. The zero-order valence-corrected chi connectivity index (χ0v) is 18.1. The molecule has 1 aliphatic heterocycles. The molecule has 1 unspecified atom stereocenters. The molecule has 0 fully saturated rings. The minimum atomic E-state index is -4.85. The van der Waals surface area contributed by atoms with Gasteiger partial charge in [0.1, 0.15) is 10.6 Å². The third kappa shape index (κ3) is 4.64. The number of likely N-dealkylation sites (N-methyl/N-ethyl adjacent to an activating group) is 1. The van der Waals surface area contributed by atoms with Gasteiger partial charge in [-0.1, -0.05) is 22.9 Å². The number of sulfonamides is 1. The van der Waals surface area contributed by atoms with E-state index in [2.05, 4.69) is 25.4 Å². The van der Waals surface area contributed by atoms with Crippen LogP contribution in [0.5, 0.6) is 11.5 Å². The fourth-order valence-corrected chi connectivity index (χ4v) is 4.67. The lowest BCUT2D eigenvalue weighted by Crippen LogP contribution is -2.43. The Hall–Kier alpha value is -2.47. The van der Waals surface area contributed by atoms with Gasteiger partial charge in [0.05, 0.1) is 5.69 Å². The molecule has 0 aliphatic carbocycles. The number of rotatable bonds is 5. The van der Waals surface area contributed by atoms with Crippen LogP contribution in [0, 0.1) is 0 Å². The first-order chi connectivity index (χ1) is 13.9. The second kappa shape index (κ2) is 7.99. The van der Waals surface area contributed by atoms with Gasteiger partial charge in [-0.2, -0.15) is 0 Å². The van der Waals surface area contributed by atoms with Crippen molar-refractivity contribution < 1.29 is 35.9 Å². The van der Waals surface area contributed by atoms with Gasteiger partial charge in [0.2, 0.25) is 0 Å². The van der Waals surface area contributed by atoms with Gasteiger partial charge in [0.25, 0.3) is 15.9 Å². The van der Waals surface area contributed by atoms with Crippen molar-refractivity contribution in [2.24, 2.45) is 0 Å². The maximum Gasteiger partial charge on any atom is 0.573 e. The summed E-state index contributed by atoms with van der Waals surface area (Å²) in [5.74, 6) is -0.782. The highest BCUT2D eigenvalue weighted by Gasteiger charge is 2.36. The number of hydrogen-bond acceptors (Lipinski definition) is 5. The van der Waals surface area contributed by atoms with Crippen LogP contribution in [0.25, 0.3) is 0 Å². The van der Waals surface area contributed by atoms with Crippen molar-refractivity contribution in [1.29, 1.82) is 0 Å². The van der Waals surface area contributed by atoms with Crippen molar-refractivity contribution in [3.8, 4) is 11.5 Å². The topological polar surface area (TPSA) is 84.9 Å². The first kappa shape index (κ1) is 22.2. The van der Waals surface area contributed by atoms with Gasteiger partial charge in [-0.15, -0.1) is 13.2 Å². The molecule has 30 heavy (non-hydrogen) atoms. The number of carbonyl (C=O) groups excluding carboxylic acids is 1. The summed E-state index contributed by atoms with van der Waals surface area (Å²) in [4.78, 5) is 13.4.